The molecule has 0 saturated heterocycles. The number of hydrogen-bond donors (Lipinski definition) is 0. The lowest BCUT2D eigenvalue weighted by atomic mass is 10.0. The van der Waals surface area contributed by atoms with Crippen LogP contribution in [0.5, 0.6) is 0 Å². The monoisotopic (exact) mass is 2720 g/mol. The molecule has 12 rings (SSSR count). The van der Waals surface area contributed by atoms with E-state index in [1.165, 1.54) is 105 Å². The number of hydrogen-bond acceptors (Lipinski definition) is 0. The van der Waals surface area contributed by atoms with Crippen LogP contribution < -0.4 is 0 Å². The maximum atomic E-state index is 12.9. The Bertz CT molecular complexity index is 4540. The molecule has 0 aromatic heterocycles. The van der Waals surface area contributed by atoms with Gasteiger partial charge in [0.15, 0.2) is 58.7 Å². The molecular weight excluding hydrogens is 2660 g/mol. The van der Waals surface area contributed by atoms with Crippen molar-refractivity contribution in [1.29, 1.82) is 0 Å². The summed E-state index contributed by atoms with van der Waals surface area (Å²) in [5, 5.41) is 0. The van der Waals surface area contributed by atoms with Crippen molar-refractivity contribution in [1.82, 2.24) is 0 Å². The molecule has 0 N–H and O–H groups in total. The van der Waals surface area contributed by atoms with Crippen LogP contribution in [0.4, 0.5) is 13.2 Å². The Morgan fingerprint density at radius 3 is 0.714 bits per heavy atom. The van der Waals surface area contributed by atoms with Crippen molar-refractivity contribution >= 4 is 315 Å². The highest BCUT2D eigenvalue weighted by atomic mass is 127. The molecule has 0 radical (unpaired) electrons. The average Bonchev–Trinajstić information content (AvgIpc) is 0.822. The molecule has 0 saturated carbocycles. The van der Waals surface area contributed by atoms with E-state index in [1.807, 2.05) is 24.3 Å². The summed E-state index contributed by atoms with van der Waals surface area (Å²) in [6.07, 6.45) is -3.24. The third kappa shape index (κ3) is 23.8. The molecule has 4 unspecified atom stereocenters. The molecule has 500 valence electrons. The van der Waals surface area contributed by atoms with Crippen LogP contribution in [0.3, 0.4) is 0 Å². The second kappa shape index (κ2) is 40.1. The van der Waals surface area contributed by atoms with E-state index in [9.17, 15) is 13.2 Å². The van der Waals surface area contributed by atoms with Crippen LogP contribution in [-0.4, -0.2) is 0 Å². The van der Waals surface area contributed by atoms with Gasteiger partial charge >= 0.3 is 6.18 Å². The minimum absolute atomic E-state index is 0.0612. The van der Waals surface area contributed by atoms with Crippen molar-refractivity contribution in [3.63, 3.8) is 0 Å². The zero-order chi connectivity index (χ0) is 70.4. The summed E-state index contributed by atoms with van der Waals surface area (Å²) in [5.74, 6) is 0.563. The van der Waals surface area contributed by atoms with Crippen molar-refractivity contribution in [3.8, 4) is 0 Å². The van der Waals surface area contributed by atoms with Gasteiger partial charge < -0.3 is 0 Å². The second-order valence-electron chi connectivity index (χ2n) is 21.9. The lowest BCUT2D eigenvalue weighted by Crippen LogP contribution is -2.08. The van der Waals surface area contributed by atoms with Crippen molar-refractivity contribution in [2.24, 2.45) is 0 Å². The summed E-state index contributed by atoms with van der Waals surface area (Å²) in [7, 11) is -0.654. The maximum absolute atomic E-state index is 12.9. The molecule has 0 fully saturated rings. The van der Waals surface area contributed by atoms with Gasteiger partial charge in [-0.05, 0) is 508 Å². The van der Waals surface area contributed by atoms with Gasteiger partial charge in [0.2, 0.25) is 0 Å². The second-order valence-corrected chi connectivity index (χ2v) is 44.3. The van der Waals surface area contributed by atoms with Gasteiger partial charge in [0, 0.05) is 67.1 Å². The van der Waals surface area contributed by atoms with E-state index in [2.05, 4.69) is 517 Å². The summed E-state index contributed by atoms with van der Waals surface area (Å²) in [5.41, 5.74) is 3.47. The van der Waals surface area contributed by atoms with Crippen LogP contribution in [0.15, 0.2) is 326 Å². The summed E-state index contributed by atoms with van der Waals surface area (Å²) in [6, 6.07) is 94.4. The zero-order valence-corrected chi connectivity index (χ0v) is 81.6. The van der Waals surface area contributed by atoms with Crippen LogP contribution in [0.1, 0.15) is 48.9 Å². The molecule has 0 aliphatic heterocycles. The third-order valence-electron chi connectivity index (χ3n) is 14.7. The third-order valence-corrected chi connectivity index (χ3v) is 37.9. The number of rotatable bonds is 14. The maximum Gasteiger partial charge on any atom is 0.416 e. The normalized spacial score (nSPS) is 12.4. The SMILES string of the molecule is CC(C)c1ccc([S+](c2ccc(I)cc2)c2ccc(I)c(I)c2)cc1.CCc1ccc([S+](c2ccc(I)cc2)c2ccc(I)c(I)c2)cc1.Cc1ccc([S+](c2ccc(I)cc2)c2ccc(I)c(I)c2)cc1.FC(F)(F)c1ccc([S+](c2ccc(I)cc2)c2ccc(I)c(I)c2)cc1. The molecule has 0 aliphatic carbocycles. The molecule has 0 amide bonds. The Morgan fingerprint density at radius 1 is 0.276 bits per heavy atom. The van der Waals surface area contributed by atoms with E-state index < -0.39 is 22.6 Å². The molecule has 0 spiro atoms. The van der Waals surface area contributed by atoms with Crippen molar-refractivity contribution in [2.75, 3.05) is 0 Å². The van der Waals surface area contributed by atoms with E-state index in [1.54, 1.807) is 12.1 Å². The minimum Gasteiger partial charge on any atom is -0.166 e. The topological polar surface area (TPSA) is 0 Å². The largest absolute Gasteiger partial charge is 0.416 e. The molecule has 0 heterocycles. The molecule has 0 bridgehead atoms. The van der Waals surface area contributed by atoms with E-state index >= 15 is 0 Å². The molecular formula is C79H59F3I12S4+4. The molecule has 0 aliphatic rings. The Labute approximate surface area is 751 Å². The summed E-state index contributed by atoms with van der Waals surface area (Å²) < 4.78 is 53.8. The quantitative estimate of drug-likeness (QED) is 0.0752. The first-order chi connectivity index (χ1) is 46.8. The van der Waals surface area contributed by atoms with E-state index in [0.717, 1.165) is 31.8 Å². The number of halogens is 15. The standard InChI is InChI=1S/C21H18I3S.C20H16I3S.C19H11F3I3S.C19H14I3S/c1-14(2)15-3-7-17(8-4-15)25(18-9-5-16(22)6-10-18)19-11-12-20(23)21(24)13-19;1-2-14-3-7-16(8-4-14)24(17-9-5-15(21)6-10-17)18-11-12-19(22)20(23)13-18;20-19(21,22)12-1-5-14(6-2-12)26(15-7-3-13(23)4-8-15)16-9-10-17(24)18(25)11-16;1-13-2-6-15(7-3-13)23(16-8-4-14(20)5-9-16)17-10-11-18(21)19(22)12-17/h3-14H,1-2H3;3-13H,2H2,1H3;1-11H;2-12H,1H3/q4*+1. The van der Waals surface area contributed by atoms with E-state index in [-0.39, 0.29) is 32.7 Å². The minimum atomic E-state index is -4.32. The first-order valence-corrected chi connectivity index (χ1v) is 47.9. The van der Waals surface area contributed by atoms with Crippen LogP contribution in [0, 0.1) is 49.8 Å². The van der Waals surface area contributed by atoms with Crippen molar-refractivity contribution in [2.45, 2.75) is 105 Å². The fourth-order valence-corrected chi connectivity index (χ4v) is 23.6. The van der Waals surface area contributed by atoms with Gasteiger partial charge in [-0.1, -0.05) is 62.7 Å². The highest BCUT2D eigenvalue weighted by Crippen LogP contribution is 2.40. The predicted molar refractivity (Wildman–Crippen MR) is 512 cm³/mol. The highest BCUT2D eigenvalue weighted by Gasteiger charge is 2.35. The fourth-order valence-electron chi connectivity index (χ4n) is 9.64. The van der Waals surface area contributed by atoms with Crippen LogP contribution in [0.25, 0.3) is 0 Å². The highest BCUT2D eigenvalue weighted by molar-refractivity contribution is 14.1. The van der Waals surface area contributed by atoms with Gasteiger partial charge in [0.25, 0.3) is 0 Å². The lowest BCUT2D eigenvalue weighted by molar-refractivity contribution is -0.137. The Kier molecular flexibility index (Phi) is 33.9. The Balaban J connectivity index is 0.000000153. The smallest absolute Gasteiger partial charge is 0.166 e. The molecule has 98 heavy (non-hydrogen) atoms. The Hall–Kier alpha value is 0.590. The van der Waals surface area contributed by atoms with E-state index in [0.29, 0.717) is 5.92 Å². The van der Waals surface area contributed by atoms with Gasteiger partial charge in [0.1, 0.15) is 0 Å². The average molecular weight is 2720 g/mol. The van der Waals surface area contributed by atoms with E-state index in [4.69, 9.17) is 0 Å². The van der Waals surface area contributed by atoms with Crippen LogP contribution >= 0.6 is 271 Å². The Morgan fingerprint density at radius 2 is 0.490 bits per heavy atom. The number of alkyl halides is 3. The van der Waals surface area contributed by atoms with Gasteiger partial charge in [-0.2, -0.15) is 13.2 Å². The van der Waals surface area contributed by atoms with Gasteiger partial charge in [0.05, 0.1) is 49.1 Å². The zero-order valence-electron chi connectivity index (χ0n) is 52.5. The van der Waals surface area contributed by atoms with Crippen LogP contribution in [0.2, 0.25) is 0 Å². The van der Waals surface area contributed by atoms with Crippen molar-refractivity contribution < 1.29 is 13.2 Å². The lowest BCUT2D eigenvalue weighted by Gasteiger charge is -2.11. The molecule has 12 aromatic rings. The molecule has 12 aromatic carbocycles. The molecule has 4 atom stereocenters. The summed E-state index contributed by atoms with van der Waals surface area (Å²) in [4.78, 5) is 15.4. The van der Waals surface area contributed by atoms with Gasteiger partial charge in [-0.25, -0.2) is 0 Å². The number of aryl methyl sites for hydroxylation is 2. The molecule has 0 nitrogen and oxygen atoms in total. The summed E-state index contributed by atoms with van der Waals surface area (Å²) >= 11 is 28.4. The van der Waals surface area contributed by atoms with Crippen LogP contribution in [-0.2, 0) is 56.2 Å². The van der Waals surface area contributed by atoms with Gasteiger partial charge in [-0.3, -0.25) is 0 Å². The first kappa shape index (κ1) is 82.6. The fraction of sp³-hybridized carbons (Fsp3) is 0.0886. The molecule has 19 heteroatoms. The number of benzene rings is 12. The first-order valence-electron chi connectivity index (χ1n) is 30.1. The van der Waals surface area contributed by atoms with Gasteiger partial charge in [-0.15, -0.1) is 0 Å². The predicted octanol–water partition coefficient (Wildman–Crippen LogP) is 29.4. The summed E-state index contributed by atoms with van der Waals surface area (Å²) in [6.45, 7) is 8.83. The van der Waals surface area contributed by atoms with Crippen molar-refractivity contribution in [3.05, 3.63) is 332 Å².